The molecular weight excluding hydrogens is 421 g/mol. The lowest BCUT2D eigenvalue weighted by Gasteiger charge is -2.33. The maximum atomic E-state index is 13.1. The number of benzene rings is 2. The van der Waals surface area contributed by atoms with Crippen LogP contribution in [0.4, 0.5) is 16.0 Å². The molecule has 0 unspecified atom stereocenters. The summed E-state index contributed by atoms with van der Waals surface area (Å²) in [6.45, 7) is 6.93. The van der Waals surface area contributed by atoms with E-state index >= 15 is 0 Å². The standard InChI is InChI=1S/C25H30FN5O2/c26-20-5-7-21(8-6-20)27-24(32)19-9-11-30(12-10-19)25-28-22-3-1-2-4-23(22)31(25)14-13-29-15-17-33-18-16-29/h1-8,19H,9-18H2,(H,27,32). The van der Waals surface area contributed by atoms with Gasteiger partial charge in [-0.1, -0.05) is 12.1 Å². The molecule has 3 heterocycles. The van der Waals surface area contributed by atoms with E-state index in [1.165, 1.54) is 12.1 Å². The molecule has 1 amide bonds. The number of hydrogen-bond donors (Lipinski definition) is 1. The Balaban J connectivity index is 1.25. The van der Waals surface area contributed by atoms with Gasteiger partial charge in [-0.3, -0.25) is 9.69 Å². The van der Waals surface area contributed by atoms with Gasteiger partial charge in [0.05, 0.1) is 24.2 Å². The Bertz CT molecular complexity index is 1090. The topological polar surface area (TPSA) is 62.6 Å². The number of nitrogens with zero attached hydrogens (tertiary/aromatic N) is 4. The minimum absolute atomic E-state index is 0.00192. The average molecular weight is 452 g/mol. The maximum absolute atomic E-state index is 13.1. The van der Waals surface area contributed by atoms with Crippen LogP contribution in [0.1, 0.15) is 12.8 Å². The van der Waals surface area contributed by atoms with Crippen LogP contribution >= 0.6 is 0 Å². The highest BCUT2D eigenvalue weighted by Gasteiger charge is 2.28. The minimum Gasteiger partial charge on any atom is -0.379 e. The molecule has 2 saturated heterocycles. The lowest BCUT2D eigenvalue weighted by atomic mass is 9.96. The van der Waals surface area contributed by atoms with Gasteiger partial charge in [0, 0.05) is 50.9 Å². The van der Waals surface area contributed by atoms with Gasteiger partial charge in [-0.05, 0) is 49.2 Å². The van der Waals surface area contributed by atoms with E-state index < -0.39 is 0 Å². The van der Waals surface area contributed by atoms with Crippen molar-refractivity contribution in [2.24, 2.45) is 5.92 Å². The zero-order chi connectivity index (χ0) is 22.6. The second-order valence-corrected chi connectivity index (χ2v) is 8.76. The molecule has 0 saturated carbocycles. The molecule has 8 heteroatoms. The summed E-state index contributed by atoms with van der Waals surface area (Å²) in [6, 6.07) is 14.2. The van der Waals surface area contributed by atoms with Crippen LogP contribution in [0.25, 0.3) is 11.0 Å². The molecule has 0 bridgehead atoms. The van der Waals surface area contributed by atoms with Crippen molar-refractivity contribution in [1.82, 2.24) is 14.5 Å². The van der Waals surface area contributed by atoms with E-state index in [0.717, 1.165) is 82.3 Å². The number of nitrogens with one attached hydrogen (secondary N) is 1. The predicted octanol–water partition coefficient (Wildman–Crippen LogP) is 3.36. The Morgan fingerprint density at radius 2 is 1.73 bits per heavy atom. The number of hydrogen-bond acceptors (Lipinski definition) is 5. The number of imidazole rings is 1. The number of carbonyl (C=O) groups excluding carboxylic acids is 1. The van der Waals surface area contributed by atoms with Crippen molar-refractivity contribution in [3.8, 4) is 0 Å². The second kappa shape index (κ2) is 9.89. The molecule has 0 radical (unpaired) electrons. The van der Waals surface area contributed by atoms with Crippen LogP contribution in [0.2, 0.25) is 0 Å². The molecule has 7 nitrogen and oxygen atoms in total. The summed E-state index contributed by atoms with van der Waals surface area (Å²) in [6.07, 6.45) is 1.53. The predicted molar refractivity (Wildman–Crippen MR) is 127 cm³/mol. The van der Waals surface area contributed by atoms with E-state index in [9.17, 15) is 9.18 Å². The van der Waals surface area contributed by atoms with Gasteiger partial charge in [0.1, 0.15) is 5.82 Å². The van der Waals surface area contributed by atoms with Crippen LogP contribution in [0.15, 0.2) is 48.5 Å². The molecule has 33 heavy (non-hydrogen) atoms. The van der Waals surface area contributed by atoms with E-state index in [1.807, 2.05) is 6.07 Å². The van der Waals surface area contributed by atoms with Gasteiger partial charge in [0.25, 0.3) is 0 Å². The first-order chi connectivity index (χ1) is 16.2. The molecule has 2 aliphatic rings. The number of anilines is 2. The molecule has 1 N–H and O–H groups in total. The van der Waals surface area contributed by atoms with Gasteiger partial charge in [-0.15, -0.1) is 0 Å². The lowest BCUT2D eigenvalue weighted by molar-refractivity contribution is -0.120. The summed E-state index contributed by atoms with van der Waals surface area (Å²) < 4.78 is 20.9. The van der Waals surface area contributed by atoms with Gasteiger partial charge in [-0.25, -0.2) is 9.37 Å². The lowest BCUT2D eigenvalue weighted by Crippen LogP contribution is -2.40. The summed E-state index contributed by atoms with van der Waals surface area (Å²) in [5, 5.41) is 2.92. The Morgan fingerprint density at radius 1 is 1.00 bits per heavy atom. The number of para-hydroxylation sites is 2. The van der Waals surface area contributed by atoms with Crippen molar-refractivity contribution in [2.75, 3.05) is 56.2 Å². The summed E-state index contributed by atoms with van der Waals surface area (Å²) in [5.74, 6) is 0.624. The molecule has 2 aromatic carbocycles. The zero-order valence-electron chi connectivity index (χ0n) is 18.8. The van der Waals surface area contributed by atoms with Gasteiger partial charge in [-0.2, -0.15) is 0 Å². The number of amides is 1. The third kappa shape index (κ3) is 5.02. The van der Waals surface area contributed by atoms with Crippen molar-refractivity contribution in [3.63, 3.8) is 0 Å². The third-order valence-corrected chi connectivity index (χ3v) is 6.64. The number of carbonyl (C=O) groups is 1. The first-order valence-electron chi connectivity index (χ1n) is 11.7. The van der Waals surface area contributed by atoms with Crippen molar-refractivity contribution >= 4 is 28.6 Å². The minimum atomic E-state index is -0.308. The number of rotatable bonds is 6. The monoisotopic (exact) mass is 451 g/mol. The fraction of sp³-hybridized carbons (Fsp3) is 0.440. The Labute approximate surface area is 193 Å². The van der Waals surface area contributed by atoms with Crippen molar-refractivity contribution < 1.29 is 13.9 Å². The van der Waals surface area contributed by atoms with Crippen LogP contribution in [0.3, 0.4) is 0 Å². The van der Waals surface area contributed by atoms with Crippen LogP contribution < -0.4 is 10.2 Å². The van der Waals surface area contributed by atoms with Crippen LogP contribution in [-0.2, 0) is 16.1 Å². The van der Waals surface area contributed by atoms with Gasteiger partial charge < -0.3 is 19.5 Å². The van der Waals surface area contributed by atoms with Gasteiger partial charge in [0.2, 0.25) is 11.9 Å². The summed E-state index contributed by atoms with van der Waals surface area (Å²) >= 11 is 0. The van der Waals surface area contributed by atoms with E-state index in [2.05, 4.69) is 37.9 Å². The number of morpholine rings is 1. The van der Waals surface area contributed by atoms with Crippen LogP contribution in [0, 0.1) is 11.7 Å². The number of ether oxygens (including phenoxy) is 1. The Morgan fingerprint density at radius 3 is 2.48 bits per heavy atom. The van der Waals surface area contributed by atoms with Gasteiger partial charge >= 0.3 is 0 Å². The van der Waals surface area contributed by atoms with Crippen molar-refractivity contribution in [2.45, 2.75) is 19.4 Å². The summed E-state index contributed by atoms with van der Waals surface area (Å²) in [4.78, 5) is 22.4. The van der Waals surface area contributed by atoms with Gasteiger partial charge in [0.15, 0.2) is 0 Å². The van der Waals surface area contributed by atoms with E-state index in [-0.39, 0.29) is 17.6 Å². The van der Waals surface area contributed by atoms with Crippen molar-refractivity contribution in [1.29, 1.82) is 0 Å². The van der Waals surface area contributed by atoms with Crippen LogP contribution in [-0.4, -0.2) is 66.3 Å². The molecule has 2 aliphatic heterocycles. The maximum Gasteiger partial charge on any atom is 0.227 e. The fourth-order valence-corrected chi connectivity index (χ4v) is 4.71. The molecule has 1 aromatic heterocycles. The molecule has 174 valence electrons. The number of halogens is 1. The highest BCUT2D eigenvalue weighted by molar-refractivity contribution is 5.92. The molecule has 3 aromatic rings. The van der Waals surface area contributed by atoms with E-state index in [4.69, 9.17) is 9.72 Å². The number of piperidine rings is 1. The average Bonchev–Trinajstić information content (AvgIpc) is 3.23. The smallest absolute Gasteiger partial charge is 0.227 e. The molecule has 0 atom stereocenters. The second-order valence-electron chi connectivity index (χ2n) is 8.76. The molecular formula is C25H30FN5O2. The fourth-order valence-electron chi connectivity index (χ4n) is 4.71. The quantitative estimate of drug-likeness (QED) is 0.623. The highest BCUT2D eigenvalue weighted by atomic mass is 19.1. The molecule has 5 rings (SSSR count). The summed E-state index contributed by atoms with van der Waals surface area (Å²) in [5.41, 5.74) is 2.79. The number of fused-ring (bicyclic) bond motifs is 1. The molecule has 0 spiro atoms. The van der Waals surface area contributed by atoms with E-state index in [0.29, 0.717) is 5.69 Å². The molecule has 2 fully saturated rings. The van der Waals surface area contributed by atoms with E-state index in [1.54, 1.807) is 12.1 Å². The van der Waals surface area contributed by atoms with Crippen LogP contribution in [0.5, 0.6) is 0 Å². The third-order valence-electron chi connectivity index (χ3n) is 6.64. The SMILES string of the molecule is O=C(Nc1ccc(F)cc1)C1CCN(c2nc3ccccc3n2CCN2CCOCC2)CC1. The van der Waals surface area contributed by atoms with Crippen molar-refractivity contribution in [3.05, 3.63) is 54.3 Å². The largest absolute Gasteiger partial charge is 0.379 e. The number of aromatic nitrogens is 2. The molecule has 0 aliphatic carbocycles. The Kier molecular flexibility index (Phi) is 6.55. The normalized spacial score (nSPS) is 18.0. The Hall–Kier alpha value is -2.97. The highest BCUT2D eigenvalue weighted by Crippen LogP contribution is 2.28. The first-order valence-corrected chi connectivity index (χ1v) is 11.7. The first kappa shape index (κ1) is 21.9. The zero-order valence-corrected chi connectivity index (χ0v) is 18.8. The summed E-state index contributed by atoms with van der Waals surface area (Å²) in [7, 11) is 0.